The third-order valence-electron chi connectivity index (χ3n) is 2.43. The molecule has 0 aliphatic heterocycles. The van der Waals surface area contributed by atoms with E-state index in [0.29, 0.717) is 5.56 Å². The highest BCUT2D eigenvalue weighted by molar-refractivity contribution is 7.47. The Bertz CT molecular complexity index is 369. The van der Waals surface area contributed by atoms with Gasteiger partial charge in [0.2, 0.25) is 5.52 Å². The monoisotopic (exact) mass is 196 g/mol. The topological polar surface area (TPSA) is 34.1 Å². The van der Waals surface area contributed by atoms with Gasteiger partial charge in [0.25, 0.3) is 0 Å². The van der Waals surface area contributed by atoms with Gasteiger partial charge in [0.05, 0.1) is 0 Å². The molecule has 1 aromatic rings. The summed E-state index contributed by atoms with van der Waals surface area (Å²) < 4.78 is 10.5. The molecule has 0 saturated carbocycles. The first-order chi connectivity index (χ1) is 6.07. The van der Waals surface area contributed by atoms with Crippen molar-refractivity contribution in [2.45, 2.75) is 20.8 Å². The maximum Gasteiger partial charge on any atom is 0.215 e. The predicted molar refractivity (Wildman–Crippen MR) is 55.4 cm³/mol. The highest BCUT2D eigenvalue weighted by Crippen LogP contribution is 2.20. The molecule has 1 atom stereocenters. The Morgan fingerprint density at radius 1 is 1.15 bits per heavy atom. The summed E-state index contributed by atoms with van der Waals surface area (Å²) in [6.07, 6.45) is 0. The van der Waals surface area contributed by atoms with Crippen LogP contribution in [0.15, 0.2) is 12.1 Å². The summed E-state index contributed by atoms with van der Waals surface area (Å²) >= 11 is 0. The average Bonchev–Trinajstić information content (AvgIpc) is 2.13. The Morgan fingerprint density at radius 2 is 1.77 bits per heavy atom. The van der Waals surface area contributed by atoms with Gasteiger partial charge in [-0.3, -0.25) is 4.79 Å². The van der Waals surface area contributed by atoms with E-state index in [4.69, 9.17) is 0 Å². The maximum absolute atomic E-state index is 11.2. The van der Waals surface area contributed by atoms with E-state index in [1.165, 1.54) is 0 Å². The number of aryl methyl sites for hydroxylation is 1. The van der Waals surface area contributed by atoms with E-state index in [0.717, 1.165) is 16.7 Å². The van der Waals surface area contributed by atoms with Crippen molar-refractivity contribution in [3.8, 4) is 0 Å². The number of hydrogen-bond donors (Lipinski definition) is 0. The molecule has 0 N–H and O–H groups in total. The number of benzene rings is 1. The van der Waals surface area contributed by atoms with Crippen LogP contribution in [0.2, 0.25) is 0 Å². The van der Waals surface area contributed by atoms with E-state index in [1.807, 2.05) is 26.8 Å². The molecule has 1 unspecified atom stereocenters. The Hall–Kier alpha value is -0.880. The highest BCUT2D eigenvalue weighted by Gasteiger charge is 2.09. The van der Waals surface area contributed by atoms with Crippen LogP contribution in [0.5, 0.6) is 0 Å². The van der Waals surface area contributed by atoms with Gasteiger partial charge in [0, 0.05) is 5.56 Å². The highest BCUT2D eigenvalue weighted by atomic mass is 31.1. The van der Waals surface area contributed by atoms with Crippen molar-refractivity contribution in [3.05, 3.63) is 34.4 Å². The zero-order valence-corrected chi connectivity index (χ0v) is 9.20. The molecule has 13 heavy (non-hydrogen) atoms. The molecule has 0 heterocycles. The third kappa shape index (κ3) is 1.89. The maximum atomic E-state index is 11.2. The van der Waals surface area contributed by atoms with E-state index in [-0.39, 0.29) is 5.52 Å². The normalized spacial score (nSPS) is 11.0. The van der Waals surface area contributed by atoms with E-state index in [2.05, 4.69) is 0 Å². The van der Waals surface area contributed by atoms with Gasteiger partial charge in [-0.25, -0.2) is 0 Å². The minimum atomic E-state index is -1.34. The van der Waals surface area contributed by atoms with Crippen LogP contribution in [-0.4, -0.2) is 5.52 Å². The van der Waals surface area contributed by atoms with Crippen LogP contribution in [0.25, 0.3) is 0 Å². The van der Waals surface area contributed by atoms with Crippen LogP contribution in [0.3, 0.4) is 0 Å². The second-order valence-electron chi connectivity index (χ2n) is 3.16. The molecule has 1 rings (SSSR count). The number of carbonyl (C=O) groups is 1. The summed E-state index contributed by atoms with van der Waals surface area (Å²) in [5.74, 6) is 0. The van der Waals surface area contributed by atoms with Crippen molar-refractivity contribution >= 4 is 14.0 Å². The van der Waals surface area contributed by atoms with Crippen molar-refractivity contribution in [3.63, 3.8) is 0 Å². The lowest BCUT2D eigenvalue weighted by Crippen LogP contribution is -1.97. The van der Waals surface area contributed by atoms with E-state index >= 15 is 0 Å². The number of carbonyl (C=O) groups excluding carboxylic acids is 1. The molecular weight excluding hydrogens is 183 g/mol. The summed E-state index contributed by atoms with van der Waals surface area (Å²) in [4.78, 5) is 11.2. The SMILES string of the molecule is Cc1ccc(C(=O)[PH2]=O)c(C)c1C. The minimum absolute atomic E-state index is 0.236. The Labute approximate surface area is 79.2 Å². The third-order valence-corrected chi connectivity index (χ3v) is 2.96. The summed E-state index contributed by atoms with van der Waals surface area (Å²) in [6, 6.07) is 3.65. The fourth-order valence-electron chi connectivity index (χ4n) is 1.29. The molecule has 0 fully saturated rings. The molecule has 2 nitrogen and oxygen atoms in total. The smallest absolute Gasteiger partial charge is 0.215 e. The first-order valence-corrected chi connectivity index (χ1v) is 5.19. The lowest BCUT2D eigenvalue weighted by atomic mass is 10.00. The van der Waals surface area contributed by atoms with E-state index < -0.39 is 8.46 Å². The molecular formula is C10H13O2P. The minimum Gasteiger partial charge on any atom is -0.322 e. The van der Waals surface area contributed by atoms with Gasteiger partial charge in [-0.15, -0.1) is 0 Å². The predicted octanol–water partition coefficient (Wildman–Crippen LogP) is 2.51. The van der Waals surface area contributed by atoms with Gasteiger partial charge in [-0.1, -0.05) is 12.1 Å². The first-order valence-electron chi connectivity index (χ1n) is 4.14. The van der Waals surface area contributed by atoms with E-state index in [9.17, 15) is 9.36 Å². The van der Waals surface area contributed by atoms with Crippen LogP contribution in [0, 0.1) is 20.8 Å². The van der Waals surface area contributed by atoms with E-state index in [1.54, 1.807) is 6.07 Å². The van der Waals surface area contributed by atoms with Crippen LogP contribution in [-0.2, 0) is 4.57 Å². The molecule has 0 bridgehead atoms. The van der Waals surface area contributed by atoms with Crippen molar-refractivity contribution in [2.75, 3.05) is 0 Å². The summed E-state index contributed by atoms with van der Waals surface area (Å²) in [6.45, 7) is 5.87. The fraction of sp³-hybridized carbons (Fsp3) is 0.300. The average molecular weight is 196 g/mol. The molecule has 0 aliphatic rings. The Morgan fingerprint density at radius 3 is 2.31 bits per heavy atom. The zero-order valence-electron chi connectivity index (χ0n) is 8.05. The molecule has 0 aromatic heterocycles. The van der Waals surface area contributed by atoms with Crippen molar-refractivity contribution < 1.29 is 9.36 Å². The van der Waals surface area contributed by atoms with Gasteiger partial charge in [-0.05, 0) is 37.5 Å². The lowest BCUT2D eigenvalue weighted by Gasteiger charge is -2.07. The second-order valence-corrected chi connectivity index (χ2v) is 3.92. The van der Waals surface area contributed by atoms with Crippen LogP contribution in [0.4, 0.5) is 0 Å². The standard InChI is InChI=1S/C10H13O2P/c1-6-4-5-9(10(11)13-12)8(3)7(6)2/h4-5H,13H2,1-3H3. The molecule has 0 saturated heterocycles. The summed E-state index contributed by atoms with van der Waals surface area (Å²) in [5, 5.41) is 0. The van der Waals surface area contributed by atoms with Gasteiger partial charge in [-0.2, -0.15) is 0 Å². The first kappa shape index (κ1) is 10.2. The van der Waals surface area contributed by atoms with Crippen molar-refractivity contribution in [1.29, 1.82) is 0 Å². The van der Waals surface area contributed by atoms with Crippen LogP contribution >= 0.6 is 8.46 Å². The quantitative estimate of drug-likeness (QED) is 0.681. The number of hydrogen-bond acceptors (Lipinski definition) is 2. The van der Waals surface area contributed by atoms with Gasteiger partial charge in [0.15, 0.2) is 0 Å². The lowest BCUT2D eigenvalue weighted by molar-refractivity contribution is 0.108. The molecule has 70 valence electrons. The van der Waals surface area contributed by atoms with Crippen molar-refractivity contribution in [1.82, 2.24) is 0 Å². The van der Waals surface area contributed by atoms with Gasteiger partial charge in [0.1, 0.15) is 8.46 Å². The fourth-order valence-corrected chi connectivity index (χ4v) is 1.73. The Balaban J connectivity index is 3.33. The van der Waals surface area contributed by atoms with Crippen LogP contribution < -0.4 is 0 Å². The largest absolute Gasteiger partial charge is 0.322 e. The van der Waals surface area contributed by atoms with Gasteiger partial charge >= 0.3 is 0 Å². The molecule has 0 aliphatic carbocycles. The molecule has 0 amide bonds. The zero-order chi connectivity index (χ0) is 10.0. The molecule has 0 spiro atoms. The van der Waals surface area contributed by atoms with Crippen molar-refractivity contribution in [2.24, 2.45) is 0 Å². The molecule has 3 heteroatoms. The van der Waals surface area contributed by atoms with Gasteiger partial charge < -0.3 is 4.57 Å². The molecule has 1 aromatic carbocycles. The molecule has 0 radical (unpaired) electrons. The Kier molecular flexibility index (Phi) is 3.05. The number of rotatable bonds is 2. The second kappa shape index (κ2) is 3.89. The summed E-state index contributed by atoms with van der Waals surface area (Å²) in [7, 11) is -1.34. The summed E-state index contributed by atoms with van der Waals surface area (Å²) in [5.41, 5.74) is 3.59. The van der Waals surface area contributed by atoms with Crippen LogP contribution in [0.1, 0.15) is 27.0 Å².